The molecule has 82 valence electrons. The smallest absolute Gasteiger partial charge is 0.0966 e. The summed E-state index contributed by atoms with van der Waals surface area (Å²) in [5.41, 5.74) is 0.0799. The lowest BCUT2D eigenvalue weighted by Gasteiger charge is -2.44. The molecule has 0 spiro atoms. The Hall–Kier alpha value is -0.0800. The quantitative estimate of drug-likeness (QED) is 0.694. The van der Waals surface area contributed by atoms with Gasteiger partial charge in [-0.2, -0.15) is 0 Å². The molecular formula is C12H22O2. The number of hydrogen-bond acceptors (Lipinski definition) is 2. The van der Waals surface area contributed by atoms with Gasteiger partial charge in [0, 0.05) is 14.2 Å². The Morgan fingerprint density at radius 1 is 0.643 bits per heavy atom. The molecule has 2 heteroatoms. The molecule has 0 bridgehead atoms. The molecule has 14 heavy (non-hydrogen) atoms. The minimum atomic E-state index is 0.0399. The van der Waals surface area contributed by atoms with Gasteiger partial charge in [0.2, 0.25) is 0 Å². The zero-order valence-electron chi connectivity index (χ0n) is 9.47. The van der Waals surface area contributed by atoms with Crippen LogP contribution in [0.4, 0.5) is 0 Å². The average molecular weight is 198 g/mol. The number of hydrogen-bond donors (Lipinski definition) is 0. The van der Waals surface area contributed by atoms with Gasteiger partial charge in [-0.3, -0.25) is 0 Å². The summed E-state index contributed by atoms with van der Waals surface area (Å²) in [5, 5.41) is 0. The van der Waals surface area contributed by atoms with Crippen LogP contribution in [0.1, 0.15) is 51.4 Å². The van der Waals surface area contributed by atoms with Crippen molar-refractivity contribution in [1.29, 1.82) is 0 Å². The first-order valence-electron chi connectivity index (χ1n) is 5.89. The highest BCUT2D eigenvalue weighted by molar-refractivity contribution is 5.07. The molecule has 0 saturated heterocycles. The van der Waals surface area contributed by atoms with Crippen molar-refractivity contribution in [1.82, 2.24) is 0 Å². The van der Waals surface area contributed by atoms with Crippen LogP contribution < -0.4 is 0 Å². The molecule has 2 aliphatic rings. The molecule has 2 nitrogen and oxygen atoms in total. The number of ether oxygens (including phenoxy) is 2. The highest BCUT2D eigenvalue weighted by atomic mass is 16.5. The second-order valence-electron chi connectivity index (χ2n) is 4.81. The molecule has 2 fully saturated rings. The maximum absolute atomic E-state index is 5.85. The van der Waals surface area contributed by atoms with Gasteiger partial charge in [-0.05, 0) is 25.7 Å². The monoisotopic (exact) mass is 198 g/mol. The Kier molecular flexibility index (Phi) is 2.85. The van der Waals surface area contributed by atoms with Crippen LogP contribution in [0.3, 0.4) is 0 Å². The molecule has 0 amide bonds. The van der Waals surface area contributed by atoms with Crippen LogP contribution in [-0.4, -0.2) is 25.4 Å². The molecule has 0 N–H and O–H groups in total. The van der Waals surface area contributed by atoms with Gasteiger partial charge in [0.15, 0.2) is 0 Å². The predicted octanol–water partition coefficient (Wildman–Crippen LogP) is 2.90. The SMILES string of the molecule is COC1(C2(OC)CCCC2)CCCC1. The summed E-state index contributed by atoms with van der Waals surface area (Å²) in [5.74, 6) is 0. The van der Waals surface area contributed by atoms with Gasteiger partial charge in [0.1, 0.15) is 0 Å². The molecule has 0 aromatic carbocycles. The Labute approximate surface area is 87.0 Å². The Balaban J connectivity index is 2.23. The first-order valence-corrected chi connectivity index (χ1v) is 5.89. The minimum absolute atomic E-state index is 0.0399. The lowest BCUT2D eigenvalue weighted by molar-refractivity contribution is -0.179. The summed E-state index contributed by atoms with van der Waals surface area (Å²) in [4.78, 5) is 0. The van der Waals surface area contributed by atoms with Crippen LogP contribution in [0.5, 0.6) is 0 Å². The van der Waals surface area contributed by atoms with E-state index in [4.69, 9.17) is 9.47 Å². The summed E-state index contributed by atoms with van der Waals surface area (Å²) >= 11 is 0. The molecule has 2 aliphatic carbocycles. The summed E-state index contributed by atoms with van der Waals surface area (Å²) in [6, 6.07) is 0. The molecule has 0 radical (unpaired) electrons. The van der Waals surface area contributed by atoms with Gasteiger partial charge < -0.3 is 9.47 Å². The van der Waals surface area contributed by atoms with E-state index in [-0.39, 0.29) is 11.2 Å². The van der Waals surface area contributed by atoms with Crippen molar-refractivity contribution in [3.63, 3.8) is 0 Å². The zero-order chi connectivity index (χ0) is 10.1. The lowest BCUT2D eigenvalue weighted by atomic mass is 9.79. The van der Waals surface area contributed by atoms with Gasteiger partial charge in [0.25, 0.3) is 0 Å². The molecule has 0 aliphatic heterocycles. The van der Waals surface area contributed by atoms with E-state index in [1.165, 1.54) is 51.4 Å². The van der Waals surface area contributed by atoms with Crippen molar-refractivity contribution in [2.75, 3.05) is 14.2 Å². The van der Waals surface area contributed by atoms with Gasteiger partial charge in [-0.25, -0.2) is 0 Å². The predicted molar refractivity (Wildman–Crippen MR) is 56.4 cm³/mol. The fourth-order valence-corrected chi connectivity index (χ4v) is 3.58. The zero-order valence-corrected chi connectivity index (χ0v) is 9.47. The first kappa shape index (κ1) is 10.4. The standard InChI is InChI=1S/C12H22O2/c1-13-11(7-3-4-8-11)12(14-2)9-5-6-10-12/h3-10H2,1-2H3. The van der Waals surface area contributed by atoms with Crippen LogP contribution in [0.25, 0.3) is 0 Å². The van der Waals surface area contributed by atoms with Crippen molar-refractivity contribution in [3.05, 3.63) is 0 Å². The molecule has 0 heterocycles. The van der Waals surface area contributed by atoms with Crippen LogP contribution in [0.15, 0.2) is 0 Å². The van der Waals surface area contributed by atoms with Crippen molar-refractivity contribution in [2.45, 2.75) is 62.6 Å². The van der Waals surface area contributed by atoms with Crippen molar-refractivity contribution in [3.8, 4) is 0 Å². The normalized spacial score (nSPS) is 29.6. The third-order valence-electron chi connectivity index (χ3n) is 4.43. The molecule has 0 aromatic rings. The van der Waals surface area contributed by atoms with Gasteiger partial charge in [0.05, 0.1) is 11.2 Å². The van der Waals surface area contributed by atoms with Crippen LogP contribution in [0, 0.1) is 0 Å². The van der Waals surface area contributed by atoms with Gasteiger partial charge >= 0.3 is 0 Å². The van der Waals surface area contributed by atoms with E-state index in [0.717, 1.165) is 0 Å². The van der Waals surface area contributed by atoms with E-state index < -0.39 is 0 Å². The Morgan fingerprint density at radius 2 is 0.929 bits per heavy atom. The second-order valence-corrected chi connectivity index (χ2v) is 4.81. The molecule has 0 aromatic heterocycles. The lowest BCUT2D eigenvalue weighted by Crippen LogP contribution is -2.53. The van der Waals surface area contributed by atoms with E-state index in [2.05, 4.69) is 0 Å². The highest BCUT2D eigenvalue weighted by Gasteiger charge is 2.54. The third kappa shape index (κ3) is 1.31. The maximum Gasteiger partial charge on any atom is 0.0966 e. The fraction of sp³-hybridized carbons (Fsp3) is 1.00. The van der Waals surface area contributed by atoms with E-state index in [1.54, 1.807) is 0 Å². The number of rotatable bonds is 3. The van der Waals surface area contributed by atoms with Crippen LogP contribution in [-0.2, 0) is 9.47 Å². The molecule has 2 rings (SSSR count). The summed E-state index contributed by atoms with van der Waals surface area (Å²) in [6.07, 6.45) is 9.99. The fourth-order valence-electron chi connectivity index (χ4n) is 3.58. The summed E-state index contributed by atoms with van der Waals surface area (Å²) in [7, 11) is 3.73. The van der Waals surface area contributed by atoms with E-state index in [0.29, 0.717) is 0 Å². The van der Waals surface area contributed by atoms with Gasteiger partial charge in [-0.1, -0.05) is 25.7 Å². The topological polar surface area (TPSA) is 18.5 Å². The van der Waals surface area contributed by atoms with E-state index in [1.807, 2.05) is 14.2 Å². The van der Waals surface area contributed by atoms with Crippen molar-refractivity contribution < 1.29 is 9.47 Å². The minimum Gasteiger partial charge on any atom is -0.375 e. The van der Waals surface area contributed by atoms with Gasteiger partial charge in [-0.15, -0.1) is 0 Å². The van der Waals surface area contributed by atoms with Crippen LogP contribution >= 0.6 is 0 Å². The molecule has 2 saturated carbocycles. The van der Waals surface area contributed by atoms with Crippen molar-refractivity contribution >= 4 is 0 Å². The van der Waals surface area contributed by atoms with Crippen molar-refractivity contribution in [2.24, 2.45) is 0 Å². The second kappa shape index (κ2) is 3.82. The molecule has 0 unspecified atom stereocenters. The molecule has 0 atom stereocenters. The average Bonchev–Trinajstić information content (AvgIpc) is 2.88. The maximum atomic E-state index is 5.85. The summed E-state index contributed by atoms with van der Waals surface area (Å²) in [6.45, 7) is 0. The number of methoxy groups -OCH3 is 2. The first-order chi connectivity index (χ1) is 6.79. The largest absolute Gasteiger partial charge is 0.375 e. The Morgan fingerprint density at radius 3 is 1.14 bits per heavy atom. The highest BCUT2D eigenvalue weighted by Crippen LogP contribution is 2.50. The third-order valence-corrected chi connectivity index (χ3v) is 4.43. The molecular weight excluding hydrogens is 176 g/mol. The summed E-state index contributed by atoms with van der Waals surface area (Å²) < 4.78 is 11.7. The Bertz CT molecular complexity index is 166. The van der Waals surface area contributed by atoms with E-state index >= 15 is 0 Å². The van der Waals surface area contributed by atoms with E-state index in [9.17, 15) is 0 Å². The van der Waals surface area contributed by atoms with Crippen LogP contribution in [0.2, 0.25) is 0 Å².